The number of nitrogens with zero attached hydrogens (tertiary/aromatic N) is 4. The van der Waals surface area contributed by atoms with Crippen molar-refractivity contribution >= 4 is 28.9 Å². The summed E-state index contributed by atoms with van der Waals surface area (Å²) in [6.45, 7) is 5.86. The van der Waals surface area contributed by atoms with E-state index in [0.717, 1.165) is 35.9 Å². The number of hydrogen-bond donors (Lipinski definition) is 1. The summed E-state index contributed by atoms with van der Waals surface area (Å²) in [6.07, 6.45) is 2.33. The number of aryl methyl sites for hydroxylation is 2. The van der Waals surface area contributed by atoms with Crippen LogP contribution in [0.2, 0.25) is 5.02 Å². The van der Waals surface area contributed by atoms with Crippen LogP contribution in [0.3, 0.4) is 0 Å². The van der Waals surface area contributed by atoms with E-state index in [-0.39, 0.29) is 11.6 Å². The summed E-state index contributed by atoms with van der Waals surface area (Å²) in [4.78, 5) is 19.7. The largest absolute Gasteiger partial charge is 0.370 e. The van der Waals surface area contributed by atoms with Gasteiger partial charge in [0.25, 0.3) is 5.91 Å². The van der Waals surface area contributed by atoms with Gasteiger partial charge in [-0.1, -0.05) is 23.7 Å². The number of pyridine rings is 1. The number of hydrogen-bond acceptors (Lipinski definition) is 4. The molecule has 0 saturated carbocycles. The quantitative estimate of drug-likeness (QED) is 0.711. The highest BCUT2D eigenvalue weighted by Crippen LogP contribution is 2.29. The Labute approximate surface area is 169 Å². The topological polar surface area (TPSA) is 63.1 Å². The molecule has 1 amide bonds. The Morgan fingerprint density at radius 2 is 1.86 bits per heavy atom. The van der Waals surface area contributed by atoms with Crippen LogP contribution in [0.1, 0.15) is 34.7 Å². The first kappa shape index (κ1) is 18.5. The third-order valence-electron chi connectivity index (χ3n) is 4.87. The van der Waals surface area contributed by atoms with E-state index in [1.165, 1.54) is 12.8 Å². The maximum Gasteiger partial charge on any atom is 0.275 e. The number of anilines is 2. The molecule has 1 saturated heterocycles. The average Bonchev–Trinajstić information content (AvgIpc) is 3.32. The second kappa shape index (κ2) is 7.64. The van der Waals surface area contributed by atoms with Gasteiger partial charge in [-0.25, -0.2) is 9.67 Å². The molecule has 4 rings (SSSR count). The van der Waals surface area contributed by atoms with Gasteiger partial charge in [-0.15, -0.1) is 0 Å². The fourth-order valence-corrected chi connectivity index (χ4v) is 3.76. The highest BCUT2D eigenvalue weighted by Gasteiger charge is 2.19. The number of benzene rings is 1. The first-order valence-corrected chi connectivity index (χ1v) is 9.76. The number of nitrogens with one attached hydrogen (secondary N) is 1. The molecule has 0 aliphatic carbocycles. The Hall–Kier alpha value is -2.86. The molecule has 0 radical (unpaired) electrons. The van der Waals surface area contributed by atoms with Crippen LogP contribution in [0.5, 0.6) is 0 Å². The van der Waals surface area contributed by atoms with Crippen LogP contribution < -0.4 is 10.2 Å². The number of carbonyl (C=O) groups excluding carboxylic acids is 1. The van der Waals surface area contributed by atoms with Crippen molar-refractivity contribution in [3.05, 3.63) is 64.6 Å². The van der Waals surface area contributed by atoms with Crippen molar-refractivity contribution in [3.63, 3.8) is 0 Å². The second-order valence-electron chi connectivity index (χ2n) is 7.00. The summed E-state index contributed by atoms with van der Waals surface area (Å²) in [5.74, 6) is 0.230. The van der Waals surface area contributed by atoms with Gasteiger partial charge in [-0.05, 0) is 57.0 Å². The van der Waals surface area contributed by atoms with Crippen LogP contribution >= 0.6 is 11.6 Å². The van der Waals surface area contributed by atoms with Crippen molar-refractivity contribution in [2.75, 3.05) is 23.3 Å². The molecule has 1 fully saturated rings. The number of aromatic nitrogens is 3. The van der Waals surface area contributed by atoms with E-state index in [1.54, 1.807) is 16.8 Å². The molecule has 1 N–H and O–H groups in total. The van der Waals surface area contributed by atoms with Crippen molar-refractivity contribution in [1.82, 2.24) is 14.8 Å². The number of carbonyl (C=O) groups is 1. The Kier molecular flexibility index (Phi) is 5.05. The third kappa shape index (κ3) is 3.60. The Bertz CT molecular complexity index is 1020. The summed E-state index contributed by atoms with van der Waals surface area (Å²) in [6, 6.07) is 13.2. The minimum Gasteiger partial charge on any atom is -0.370 e. The van der Waals surface area contributed by atoms with Gasteiger partial charge in [0.1, 0.15) is 5.69 Å². The summed E-state index contributed by atoms with van der Waals surface area (Å²) in [7, 11) is 0. The Morgan fingerprint density at radius 1 is 1.11 bits per heavy atom. The van der Waals surface area contributed by atoms with Crippen molar-refractivity contribution in [2.45, 2.75) is 26.7 Å². The van der Waals surface area contributed by atoms with Crippen LogP contribution in [0.15, 0.2) is 42.5 Å². The molecule has 7 heteroatoms. The first-order chi connectivity index (χ1) is 13.5. The van der Waals surface area contributed by atoms with E-state index in [1.807, 2.05) is 44.2 Å². The summed E-state index contributed by atoms with van der Waals surface area (Å²) in [5.41, 5.74) is 3.81. The molecular weight excluding hydrogens is 374 g/mol. The molecular formula is C21H22ClN5O. The summed E-state index contributed by atoms with van der Waals surface area (Å²) >= 11 is 6.29. The minimum atomic E-state index is -0.333. The normalized spacial score (nSPS) is 13.8. The lowest BCUT2D eigenvalue weighted by atomic mass is 10.2. The SMILES string of the molecule is Cc1cc(C)n(-c2ccc(Cl)c(C(=O)Nc3ccccc3N3CCCC3)n2)n1. The summed E-state index contributed by atoms with van der Waals surface area (Å²) < 4.78 is 1.71. The third-order valence-corrected chi connectivity index (χ3v) is 5.18. The predicted molar refractivity (Wildman–Crippen MR) is 112 cm³/mol. The molecule has 6 nitrogen and oxygen atoms in total. The van der Waals surface area contributed by atoms with Gasteiger partial charge in [0.2, 0.25) is 0 Å². The van der Waals surface area contributed by atoms with E-state index in [9.17, 15) is 4.79 Å². The maximum atomic E-state index is 13.0. The molecule has 3 aromatic rings. The van der Waals surface area contributed by atoms with Crippen molar-refractivity contribution in [3.8, 4) is 5.82 Å². The lowest BCUT2D eigenvalue weighted by molar-refractivity contribution is 0.102. The lowest BCUT2D eigenvalue weighted by Gasteiger charge is -2.21. The zero-order chi connectivity index (χ0) is 19.7. The van der Waals surface area contributed by atoms with E-state index in [4.69, 9.17) is 11.6 Å². The van der Waals surface area contributed by atoms with Crippen LogP contribution in [0.4, 0.5) is 11.4 Å². The van der Waals surface area contributed by atoms with E-state index in [0.29, 0.717) is 10.8 Å². The zero-order valence-electron chi connectivity index (χ0n) is 15.9. The smallest absolute Gasteiger partial charge is 0.275 e. The van der Waals surface area contributed by atoms with Gasteiger partial charge in [0, 0.05) is 18.8 Å². The number of halogens is 1. The van der Waals surface area contributed by atoms with Gasteiger partial charge < -0.3 is 10.2 Å². The van der Waals surface area contributed by atoms with Crippen LogP contribution in [-0.4, -0.2) is 33.8 Å². The lowest BCUT2D eigenvalue weighted by Crippen LogP contribution is -2.22. The van der Waals surface area contributed by atoms with Gasteiger partial charge in [-0.2, -0.15) is 5.10 Å². The Morgan fingerprint density at radius 3 is 2.57 bits per heavy atom. The molecule has 28 heavy (non-hydrogen) atoms. The maximum absolute atomic E-state index is 13.0. The molecule has 1 aliphatic heterocycles. The van der Waals surface area contributed by atoms with Crippen molar-refractivity contribution in [2.24, 2.45) is 0 Å². The van der Waals surface area contributed by atoms with Crippen molar-refractivity contribution in [1.29, 1.82) is 0 Å². The van der Waals surface area contributed by atoms with E-state index >= 15 is 0 Å². The van der Waals surface area contributed by atoms with Gasteiger partial charge >= 0.3 is 0 Å². The molecule has 0 unspecified atom stereocenters. The Balaban J connectivity index is 1.64. The number of rotatable bonds is 4. The van der Waals surface area contributed by atoms with Crippen molar-refractivity contribution < 1.29 is 4.79 Å². The van der Waals surface area contributed by atoms with E-state index in [2.05, 4.69) is 20.3 Å². The fourth-order valence-electron chi connectivity index (χ4n) is 3.56. The van der Waals surface area contributed by atoms with Gasteiger partial charge in [0.05, 0.1) is 22.1 Å². The molecule has 3 heterocycles. The molecule has 2 aromatic heterocycles. The number of para-hydroxylation sites is 2. The number of amides is 1. The highest BCUT2D eigenvalue weighted by atomic mass is 35.5. The molecule has 1 aromatic carbocycles. The first-order valence-electron chi connectivity index (χ1n) is 9.38. The van der Waals surface area contributed by atoms with E-state index < -0.39 is 0 Å². The molecule has 1 aliphatic rings. The molecule has 0 atom stereocenters. The average molecular weight is 396 g/mol. The monoisotopic (exact) mass is 395 g/mol. The zero-order valence-corrected chi connectivity index (χ0v) is 16.7. The summed E-state index contributed by atoms with van der Waals surface area (Å²) in [5, 5.41) is 7.73. The molecule has 0 bridgehead atoms. The minimum absolute atomic E-state index is 0.183. The highest BCUT2D eigenvalue weighted by molar-refractivity contribution is 6.34. The van der Waals surface area contributed by atoms with Gasteiger partial charge in [-0.3, -0.25) is 4.79 Å². The van der Waals surface area contributed by atoms with Crippen LogP contribution in [-0.2, 0) is 0 Å². The second-order valence-corrected chi connectivity index (χ2v) is 7.41. The fraction of sp³-hybridized carbons (Fsp3) is 0.286. The molecule has 144 valence electrons. The predicted octanol–water partition coefficient (Wildman–Crippen LogP) is 4.39. The van der Waals surface area contributed by atoms with Crippen LogP contribution in [0, 0.1) is 13.8 Å². The van der Waals surface area contributed by atoms with Gasteiger partial charge in [0.15, 0.2) is 5.82 Å². The van der Waals surface area contributed by atoms with Crippen LogP contribution in [0.25, 0.3) is 5.82 Å². The standard InChI is InChI=1S/C21H22ClN5O/c1-14-13-15(2)27(25-14)19-10-9-16(22)20(24-19)21(28)23-17-7-3-4-8-18(17)26-11-5-6-12-26/h3-4,7-10,13H,5-6,11-12H2,1-2H3,(H,23,28). The molecule has 0 spiro atoms.